The number of halogens is 1. The molecule has 3 rings (SSSR count). The number of hydrogen-bond acceptors (Lipinski definition) is 2. The maximum absolute atomic E-state index is 11.9. The maximum atomic E-state index is 11.9. The van der Waals surface area contributed by atoms with Gasteiger partial charge in [0.05, 0.1) is 13.2 Å². The van der Waals surface area contributed by atoms with Crippen LogP contribution < -0.4 is 0 Å². The number of nitrogens with zero attached hydrogens (tertiary/aromatic N) is 2. The van der Waals surface area contributed by atoms with Crippen LogP contribution in [0.3, 0.4) is 0 Å². The average molecular weight is 337 g/mol. The minimum Gasteiger partial charge on any atom is -0.450 e. The first-order valence-corrected chi connectivity index (χ1v) is 7.58. The van der Waals surface area contributed by atoms with Crippen molar-refractivity contribution in [3.63, 3.8) is 0 Å². The van der Waals surface area contributed by atoms with Gasteiger partial charge in [0.15, 0.2) is 0 Å². The first-order valence-electron chi connectivity index (χ1n) is 6.79. The number of aromatic nitrogens is 1. The van der Waals surface area contributed by atoms with Gasteiger partial charge >= 0.3 is 6.09 Å². The molecule has 0 aliphatic carbocycles. The molecule has 0 atom stereocenters. The zero-order valence-electron chi connectivity index (χ0n) is 11.6. The van der Waals surface area contributed by atoms with Crippen LogP contribution in [-0.2, 0) is 24.8 Å². The molecule has 0 saturated carbocycles. The van der Waals surface area contributed by atoms with Gasteiger partial charge in [-0.3, -0.25) is 0 Å². The molecule has 1 aliphatic heterocycles. The Kier molecular flexibility index (Phi) is 3.46. The van der Waals surface area contributed by atoms with Crippen LogP contribution in [0.25, 0.3) is 10.9 Å². The van der Waals surface area contributed by atoms with E-state index in [1.807, 2.05) is 6.92 Å². The van der Waals surface area contributed by atoms with Crippen LogP contribution >= 0.6 is 15.9 Å². The fourth-order valence-electron chi connectivity index (χ4n) is 2.92. The van der Waals surface area contributed by atoms with Crippen LogP contribution in [0.4, 0.5) is 4.79 Å². The zero-order chi connectivity index (χ0) is 14.3. The van der Waals surface area contributed by atoms with Crippen LogP contribution in [0, 0.1) is 0 Å². The molecule has 20 heavy (non-hydrogen) atoms. The van der Waals surface area contributed by atoms with Crippen LogP contribution in [0.1, 0.15) is 18.2 Å². The number of carbonyl (C=O) groups excluding carboxylic acids is 1. The number of hydrogen-bond donors (Lipinski definition) is 0. The van der Waals surface area contributed by atoms with Crippen molar-refractivity contribution >= 4 is 32.9 Å². The quantitative estimate of drug-likeness (QED) is 0.799. The highest BCUT2D eigenvalue weighted by Crippen LogP contribution is 2.32. The third-order valence-electron chi connectivity index (χ3n) is 3.89. The topological polar surface area (TPSA) is 34.5 Å². The Morgan fingerprint density at radius 3 is 3.00 bits per heavy atom. The van der Waals surface area contributed by atoms with Gasteiger partial charge in [0.25, 0.3) is 0 Å². The van der Waals surface area contributed by atoms with E-state index in [-0.39, 0.29) is 6.09 Å². The number of carbonyl (C=O) groups is 1. The summed E-state index contributed by atoms with van der Waals surface area (Å²) in [5.74, 6) is 0. The lowest BCUT2D eigenvalue weighted by atomic mass is 10.1. The fraction of sp³-hybridized carbons (Fsp3) is 0.400. The summed E-state index contributed by atoms with van der Waals surface area (Å²) < 4.78 is 8.41. The van der Waals surface area contributed by atoms with Crippen LogP contribution in [0.5, 0.6) is 0 Å². The minimum atomic E-state index is -0.217. The molecule has 2 heterocycles. The van der Waals surface area contributed by atoms with Crippen LogP contribution in [0.15, 0.2) is 22.7 Å². The fourth-order valence-corrected chi connectivity index (χ4v) is 3.28. The molecule has 1 aliphatic rings. The zero-order valence-corrected chi connectivity index (χ0v) is 13.2. The molecule has 2 aromatic rings. The number of amides is 1. The average Bonchev–Trinajstić information content (AvgIpc) is 2.72. The molecule has 0 spiro atoms. The molecule has 0 saturated heterocycles. The highest BCUT2D eigenvalue weighted by Gasteiger charge is 2.26. The van der Waals surface area contributed by atoms with E-state index in [9.17, 15) is 4.79 Å². The van der Waals surface area contributed by atoms with E-state index in [0.717, 1.165) is 17.4 Å². The smallest absolute Gasteiger partial charge is 0.410 e. The van der Waals surface area contributed by atoms with Crippen molar-refractivity contribution in [1.29, 1.82) is 0 Å². The van der Waals surface area contributed by atoms with Crippen LogP contribution in [-0.4, -0.2) is 28.7 Å². The van der Waals surface area contributed by atoms with Crippen molar-refractivity contribution < 1.29 is 9.53 Å². The maximum Gasteiger partial charge on any atom is 0.410 e. The third-order valence-corrected chi connectivity index (χ3v) is 4.39. The van der Waals surface area contributed by atoms with Crippen molar-refractivity contribution in [3.05, 3.63) is 33.9 Å². The summed E-state index contributed by atoms with van der Waals surface area (Å²) in [6.07, 6.45) is 0.655. The number of fused-ring (bicyclic) bond motifs is 3. The van der Waals surface area contributed by atoms with Crippen molar-refractivity contribution in [2.75, 3.05) is 13.2 Å². The monoisotopic (exact) mass is 336 g/mol. The van der Waals surface area contributed by atoms with Gasteiger partial charge in [0.1, 0.15) is 0 Å². The molecular formula is C15H17BrN2O2. The Bertz CT molecular complexity index is 678. The van der Waals surface area contributed by atoms with Crippen molar-refractivity contribution in [3.8, 4) is 0 Å². The van der Waals surface area contributed by atoms with Gasteiger partial charge in [-0.05, 0) is 25.1 Å². The Hall–Kier alpha value is -1.49. The largest absolute Gasteiger partial charge is 0.450 e. The number of ether oxygens (including phenoxy) is 1. The first-order chi connectivity index (χ1) is 9.61. The van der Waals surface area contributed by atoms with Crippen molar-refractivity contribution in [1.82, 2.24) is 9.47 Å². The van der Waals surface area contributed by atoms with Gasteiger partial charge in [-0.15, -0.1) is 0 Å². The Morgan fingerprint density at radius 1 is 1.45 bits per heavy atom. The molecule has 0 bridgehead atoms. The van der Waals surface area contributed by atoms with E-state index in [1.54, 1.807) is 4.90 Å². The minimum absolute atomic E-state index is 0.217. The van der Waals surface area contributed by atoms with Gasteiger partial charge in [0, 0.05) is 46.6 Å². The number of benzene rings is 1. The summed E-state index contributed by atoms with van der Waals surface area (Å²) in [4.78, 5) is 13.7. The molecule has 1 aromatic carbocycles. The molecule has 1 aromatic heterocycles. The Labute approximate surface area is 126 Å². The SMILES string of the molecule is CCOC(=O)N1CCc2c(c3cc(Br)ccc3n2C)C1. The second-order valence-corrected chi connectivity index (χ2v) is 5.93. The molecule has 0 fully saturated rings. The Balaban J connectivity index is 2.04. The van der Waals surface area contributed by atoms with Gasteiger partial charge in [-0.1, -0.05) is 15.9 Å². The molecule has 106 valence electrons. The van der Waals surface area contributed by atoms with Gasteiger partial charge in [0.2, 0.25) is 0 Å². The second kappa shape index (κ2) is 5.13. The summed E-state index contributed by atoms with van der Waals surface area (Å²) in [5, 5.41) is 1.21. The third kappa shape index (κ3) is 2.10. The van der Waals surface area contributed by atoms with E-state index in [4.69, 9.17) is 4.74 Å². The highest BCUT2D eigenvalue weighted by molar-refractivity contribution is 9.10. The molecule has 0 radical (unpaired) electrons. The van der Waals surface area contributed by atoms with Crippen molar-refractivity contribution in [2.45, 2.75) is 19.9 Å². The summed E-state index contributed by atoms with van der Waals surface area (Å²) in [6.45, 7) is 3.60. The summed E-state index contributed by atoms with van der Waals surface area (Å²) in [6, 6.07) is 6.30. The summed E-state index contributed by atoms with van der Waals surface area (Å²) in [5.41, 5.74) is 3.77. The summed E-state index contributed by atoms with van der Waals surface area (Å²) >= 11 is 3.52. The molecule has 1 amide bonds. The lowest BCUT2D eigenvalue weighted by molar-refractivity contribution is 0.102. The van der Waals surface area contributed by atoms with Gasteiger partial charge in [-0.2, -0.15) is 0 Å². The molecule has 0 N–H and O–H groups in total. The van der Waals surface area contributed by atoms with E-state index < -0.39 is 0 Å². The second-order valence-electron chi connectivity index (χ2n) is 5.02. The summed E-state index contributed by atoms with van der Waals surface area (Å²) in [7, 11) is 2.09. The van der Waals surface area contributed by atoms with E-state index in [1.165, 1.54) is 22.2 Å². The number of aryl methyl sites for hydroxylation is 1. The molecule has 5 heteroatoms. The van der Waals surface area contributed by atoms with Gasteiger partial charge in [-0.25, -0.2) is 4.79 Å². The predicted octanol–water partition coefficient (Wildman–Crippen LogP) is 3.46. The standard InChI is InChI=1S/C15H17BrN2O2/c1-3-20-15(19)18-7-6-14-12(9-18)11-8-10(16)4-5-13(11)17(14)2/h4-5,8H,3,6-7,9H2,1-2H3. The predicted molar refractivity (Wildman–Crippen MR) is 81.8 cm³/mol. The lowest BCUT2D eigenvalue weighted by Gasteiger charge is -2.27. The number of rotatable bonds is 1. The highest BCUT2D eigenvalue weighted by atomic mass is 79.9. The van der Waals surface area contributed by atoms with Crippen LogP contribution in [0.2, 0.25) is 0 Å². The van der Waals surface area contributed by atoms with E-state index in [2.05, 4.69) is 45.7 Å². The van der Waals surface area contributed by atoms with Crippen molar-refractivity contribution in [2.24, 2.45) is 7.05 Å². The first kappa shape index (κ1) is 13.5. The van der Waals surface area contributed by atoms with E-state index >= 15 is 0 Å². The molecule has 4 nitrogen and oxygen atoms in total. The lowest BCUT2D eigenvalue weighted by Crippen LogP contribution is -2.36. The molecular weight excluding hydrogens is 320 g/mol. The van der Waals surface area contributed by atoms with Gasteiger partial charge < -0.3 is 14.2 Å². The Morgan fingerprint density at radius 2 is 2.25 bits per heavy atom. The normalized spacial score (nSPS) is 14.4. The molecule has 0 unspecified atom stereocenters. The van der Waals surface area contributed by atoms with E-state index in [0.29, 0.717) is 13.2 Å².